The number of carbonyl (C=O) groups is 1. The van der Waals surface area contributed by atoms with Crippen LogP contribution in [-0.2, 0) is 9.53 Å². The number of ether oxygens (including phenoxy) is 1. The molecule has 0 radical (unpaired) electrons. The van der Waals surface area contributed by atoms with Gasteiger partial charge >= 0.3 is 5.97 Å². The molecular weight excluding hydrogens is 245 g/mol. The summed E-state index contributed by atoms with van der Waals surface area (Å²) < 4.78 is 17.7. The number of nitrogens with one attached hydrogen (secondary N) is 1. The molecule has 1 aromatic rings. The molecule has 94 valence electrons. The second-order valence-electron chi connectivity index (χ2n) is 3.90. The lowest BCUT2D eigenvalue weighted by Crippen LogP contribution is -2.30. The van der Waals surface area contributed by atoms with Crippen molar-refractivity contribution in [1.82, 2.24) is 0 Å². The van der Waals surface area contributed by atoms with Crippen molar-refractivity contribution in [3.8, 4) is 0 Å². The molecule has 0 saturated heterocycles. The first-order valence-corrected chi connectivity index (χ1v) is 5.62. The molecule has 0 heterocycles. The Balaban J connectivity index is 2.73. The average molecular weight is 260 g/mol. The van der Waals surface area contributed by atoms with Crippen molar-refractivity contribution in [3.63, 3.8) is 0 Å². The predicted molar refractivity (Wildman–Crippen MR) is 65.7 cm³/mol. The number of halogens is 2. The molecule has 2 unspecified atom stereocenters. The summed E-state index contributed by atoms with van der Waals surface area (Å²) in [5.74, 6) is -1.06. The highest BCUT2D eigenvalue weighted by Gasteiger charge is 2.20. The maximum absolute atomic E-state index is 13.1. The Morgan fingerprint density at radius 3 is 2.59 bits per heavy atom. The molecule has 2 atom stereocenters. The van der Waals surface area contributed by atoms with Gasteiger partial charge in [0.05, 0.1) is 13.0 Å². The third kappa shape index (κ3) is 3.89. The van der Waals surface area contributed by atoms with Gasteiger partial charge in [-0.3, -0.25) is 4.79 Å². The Kier molecular flexibility index (Phi) is 4.75. The van der Waals surface area contributed by atoms with E-state index in [4.69, 9.17) is 11.6 Å². The normalized spacial score (nSPS) is 13.9. The lowest BCUT2D eigenvalue weighted by atomic mass is 10.0. The third-order valence-electron chi connectivity index (χ3n) is 2.58. The van der Waals surface area contributed by atoms with Crippen LogP contribution in [0.1, 0.15) is 13.8 Å². The van der Waals surface area contributed by atoms with E-state index < -0.39 is 5.82 Å². The molecule has 0 aliphatic heterocycles. The van der Waals surface area contributed by atoms with E-state index >= 15 is 0 Å². The molecule has 0 amide bonds. The van der Waals surface area contributed by atoms with E-state index in [0.717, 1.165) is 0 Å². The van der Waals surface area contributed by atoms with Crippen LogP contribution in [0.2, 0.25) is 5.02 Å². The number of rotatable bonds is 4. The third-order valence-corrected chi connectivity index (χ3v) is 2.80. The number of hydrogen-bond acceptors (Lipinski definition) is 3. The summed E-state index contributed by atoms with van der Waals surface area (Å²) in [7, 11) is 1.34. The molecule has 0 fully saturated rings. The summed E-state index contributed by atoms with van der Waals surface area (Å²) in [6, 6.07) is 3.97. The summed E-state index contributed by atoms with van der Waals surface area (Å²) >= 11 is 5.73. The van der Waals surface area contributed by atoms with E-state index in [1.165, 1.54) is 19.2 Å². The number of benzene rings is 1. The zero-order valence-corrected chi connectivity index (χ0v) is 10.7. The van der Waals surface area contributed by atoms with Crippen LogP contribution in [0.3, 0.4) is 0 Å². The van der Waals surface area contributed by atoms with Gasteiger partial charge in [-0.2, -0.15) is 0 Å². The Morgan fingerprint density at radius 1 is 1.41 bits per heavy atom. The summed E-state index contributed by atoms with van der Waals surface area (Å²) in [4.78, 5) is 11.3. The molecule has 0 aliphatic rings. The second-order valence-corrected chi connectivity index (χ2v) is 4.34. The minimum Gasteiger partial charge on any atom is -0.469 e. The van der Waals surface area contributed by atoms with Crippen LogP contribution >= 0.6 is 11.6 Å². The van der Waals surface area contributed by atoms with Gasteiger partial charge in [0.2, 0.25) is 0 Å². The van der Waals surface area contributed by atoms with Crippen LogP contribution in [0, 0.1) is 11.7 Å². The number of esters is 1. The minimum atomic E-state index is -0.419. The van der Waals surface area contributed by atoms with E-state index in [9.17, 15) is 9.18 Å². The molecule has 0 bridgehead atoms. The van der Waals surface area contributed by atoms with Gasteiger partial charge in [-0.1, -0.05) is 11.6 Å². The molecular formula is C12H15ClFNO2. The van der Waals surface area contributed by atoms with Gasteiger partial charge in [0.15, 0.2) is 0 Å². The molecule has 0 spiro atoms. The van der Waals surface area contributed by atoms with E-state index in [1.54, 1.807) is 13.0 Å². The largest absolute Gasteiger partial charge is 0.469 e. The topological polar surface area (TPSA) is 38.3 Å². The van der Waals surface area contributed by atoms with Gasteiger partial charge in [0, 0.05) is 16.8 Å². The minimum absolute atomic E-state index is 0.180. The fraction of sp³-hybridized carbons (Fsp3) is 0.417. The van der Waals surface area contributed by atoms with Crippen molar-refractivity contribution >= 4 is 23.3 Å². The predicted octanol–water partition coefficient (Wildman–Crippen LogP) is 3.09. The smallest absolute Gasteiger partial charge is 0.310 e. The molecule has 5 heteroatoms. The molecule has 0 aliphatic carbocycles. The summed E-state index contributed by atoms with van der Waals surface area (Å²) in [6.45, 7) is 3.56. The summed E-state index contributed by atoms with van der Waals surface area (Å²) in [5.41, 5.74) is 0.540. The molecule has 1 aromatic carbocycles. The first-order chi connectivity index (χ1) is 7.93. The van der Waals surface area contributed by atoms with Crippen LogP contribution < -0.4 is 5.32 Å². The summed E-state index contributed by atoms with van der Waals surface area (Å²) in [6.07, 6.45) is 0. The van der Waals surface area contributed by atoms with E-state index in [2.05, 4.69) is 10.1 Å². The zero-order valence-electron chi connectivity index (χ0n) is 9.96. The maximum atomic E-state index is 13.1. The highest BCUT2D eigenvalue weighted by atomic mass is 35.5. The van der Waals surface area contributed by atoms with Crippen LogP contribution in [-0.4, -0.2) is 19.1 Å². The van der Waals surface area contributed by atoms with Crippen LogP contribution in [0.4, 0.5) is 10.1 Å². The SMILES string of the molecule is COC(=O)C(C)C(C)Nc1cc(F)cc(Cl)c1. The van der Waals surface area contributed by atoms with Crippen LogP contribution in [0.25, 0.3) is 0 Å². The fourth-order valence-corrected chi connectivity index (χ4v) is 1.64. The number of methoxy groups -OCH3 is 1. The molecule has 17 heavy (non-hydrogen) atoms. The van der Waals surface area contributed by atoms with Crippen molar-refractivity contribution in [3.05, 3.63) is 29.0 Å². The average Bonchev–Trinajstić information content (AvgIpc) is 2.25. The quantitative estimate of drug-likeness (QED) is 0.845. The van der Waals surface area contributed by atoms with Gasteiger partial charge in [-0.05, 0) is 32.0 Å². The van der Waals surface area contributed by atoms with Crippen LogP contribution in [0.15, 0.2) is 18.2 Å². The fourth-order valence-electron chi connectivity index (χ4n) is 1.42. The summed E-state index contributed by atoms with van der Waals surface area (Å²) in [5, 5.41) is 3.32. The molecule has 1 rings (SSSR count). The number of anilines is 1. The van der Waals surface area contributed by atoms with Crippen molar-refractivity contribution in [2.24, 2.45) is 5.92 Å². The zero-order chi connectivity index (χ0) is 13.0. The van der Waals surface area contributed by atoms with Gasteiger partial charge in [-0.15, -0.1) is 0 Å². The highest BCUT2D eigenvalue weighted by molar-refractivity contribution is 6.30. The van der Waals surface area contributed by atoms with Crippen LogP contribution in [0.5, 0.6) is 0 Å². The van der Waals surface area contributed by atoms with Gasteiger partial charge in [0.1, 0.15) is 5.82 Å². The number of carbonyl (C=O) groups excluding carboxylic acids is 1. The Bertz CT molecular complexity index is 391. The van der Waals surface area contributed by atoms with Crippen molar-refractivity contribution in [1.29, 1.82) is 0 Å². The van der Waals surface area contributed by atoms with E-state index in [-0.39, 0.29) is 17.9 Å². The molecule has 3 nitrogen and oxygen atoms in total. The molecule has 0 aromatic heterocycles. The second kappa shape index (κ2) is 5.87. The molecule has 1 N–H and O–H groups in total. The van der Waals surface area contributed by atoms with Gasteiger partial charge < -0.3 is 10.1 Å². The van der Waals surface area contributed by atoms with Crippen molar-refractivity contribution in [2.75, 3.05) is 12.4 Å². The lowest BCUT2D eigenvalue weighted by Gasteiger charge is -2.20. The maximum Gasteiger partial charge on any atom is 0.310 e. The Morgan fingerprint density at radius 2 is 2.06 bits per heavy atom. The first kappa shape index (κ1) is 13.8. The van der Waals surface area contributed by atoms with Gasteiger partial charge in [-0.25, -0.2) is 4.39 Å². The lowest BCUT2D eigenvalue weighted by molar-refractivity contribution is -0.145. The monoisotopic (exact) mass is 259 g/mol. The standard InChI is InChI=1S/C12H15ClFNO2/c1-7(12(16)17-3)8(2)15-11-5-9(13)4-10(14)6-11/h4-8,15H,1-3H3. The Labute approximate surface area is 105 Å². The highest BCUT2D eigenvalue weighted by Crippen LogP contribution is 2.20. The van der Waals surface area contributed by atoms with Gasteiger partial charge in [0.25, 0.3) is 0 Å². The van der Waals surface area contributed by atoms with Crippen molar-refractivity contribution < 1.29 is 13.9 Å². The van der Waals surface area contributed by atoms with Crippen molar-refractivity contribution in [2.45, 2.75) is 19.9 Å². The molecule has 0 saturated carbocycles. The van der Waals surface area contributed by atoms with E-state index in [0.29, 0.717) is 10.7 Å². The first-order valence-electron chi connectivity index (χ1n) is 5.24. The number of hydrogen-bond donors (Lipinski definition) is 1. The Hall–Kier alpha value is -1.29. The van der Waals surface area contributed by atoms with E-state index in [1.807, 2.05) is 6.92 Å².